The van der Waals surface area contributed by atoms with Crippen LogP contribution in [0.25, 0.3) is 10.1 Å². The van der Waals surface area contributed by atoms with Crippen molar-refractivity contribution in [1.29, 1.82) is 0 Å². The molecule has 2 aromatic rings. The van der Waals surface area contributed by atoms with E-state index in [2.05, 4.69) is 36.6 Å². The van der Waals surface area contributed by atoms with Crippen LogP contribution in [-0.2, 0) is 6.42 Å². The van der Waals surface area contributed by atoms with Gasteiger partial charge >= 0.3 is 0 Å². The zero-order chi connectivity index (χ0) is 11.6. The molecule has 0 N–H and O–H groups in total. The Hall–Kier alpha value is -0.240. The molecule has 1 heterocycles. The third-order valence-corrected chi connectivity index (χ3v) is 5.13. The second kappa shape index (κ2) is 4.95. The molecule has 0 aliphatic heterocycles. The molecule has 0 bridgehead atoms. The summed E-state index contributed by atoms with van der Waals surface area (Å²) in [6, 6.07) is 8.48. The fourth-order valence-electron chi connectivity index (χ4n) is 1.76. The molecular weight excluding hydrogens is 259 g/mol. The van der Waals surface area contributed by atoms with Crippen LogP contribution >= 0.6 is 34.5 Å². The number of fused-ring (bicyclic) bond motifs is 1. The fraction of sp³-hybridized carbons (Fsp3) is 0.385. The topological polar surface area (TPSA) is 0 Å². The van der Waals surface area contributed by atoms with Gasteiger partial charge in [-0.1, -0.05) is 25.1 Å². The van der Waals surface area contributed by atoms with Gasteiger partial charge in [0.2, 0.25) is 0 Å². The van der Waals surface area contributed by atoms with E-state index in [0.29, 0.717) is 11.8 Å². The lowest BCUT2D eigenvalue weighted by atomic mass is 9.87. The average molecular weight is 273 g/mol. The van der Waals surface area contributed by atoms with E-state index in [9.17, 15) is 0 Å². The Labute approximate surface area is 110 Å². The van der Waals surface area contributed by atoms with Gasteiger partial charge in [0, 0.05) is 16.5 Å². The maximum atomic E-state index is 6.00. The van der Waals surface area contributed by atoms with E-state index in [-0.39, 0.29) is 5.41 Å². The predicted octanol–water partition coefficient (Wildman–Crippen LogP) is 4.93. The quantitative estimate of drug-likeness (QED) is 0.693. The second-order valence-electron chi connectivity index (χ2n) is 4.51. The third-order valence-electron chi connectivity index (χ3n) is 2.82. The van der Waals surface area contributed by atoms with Crippen molar-refractivity contribution in [2.24, 2.45) is 5.41 Å². The highest BCUT2D eigenvalue weighted by Crippen LogP contribution is 2.32. The van der Waals surface area contributed by atoms with Gasteiger partial charge in [0.1, 0.15) is 0 Å². The molecule has 0 atom stereocenters. The minimum absolute atomic E-state index is 0.00699. The van der Waals surface area contributed by atoms with Crippen molar-refractivity contribution < 1.29 is 0 Å². The number of benzene rings is 1. The van der Waals surface area contributed by atoms with Crippen LogP contribution in [0.4, 0.5) is 0 Å². The van der Waals surface area contributed by atoms with Crippen molar-refractivity contribution in [3.05, 3.63) is 35.2 Å². The summed E-state index contributed by atoms with van der Waals surface area (Å²) in [5, 5.41) is 3.57. The van der Waals surface area contributed by atoms with Crippen molar-refractivity contribution in [1.82, 2.24) is 0 Å². The second-order valence-corrected chi connectivity index (χ2v) is 5.96. The number of halogens is 2. The average Bonchev–Trinajstić information content (AvgIpc) is 2.73. The number of thiophene rings is 1. The minimum atomic E-state index is -0.00699. The van der Waals surface area contributed by atoms with Gasteiger partial charge in [-0.05, 0) is 34.2 Å². The van der Waals surface area contributed by atoms with Crippen LogP contribution in [0, 0.1) is 5.41 Å². The van der Waals surface area contributed by atoms with Crippen LogP contribution in [0.3, 0.4) is 0 Å². The Bertz CT molecular complexity index is 471. The number of hydrogen-bond donors (Lipinski definition) is 0. The molecule has 0 unspecified atom stereocenters. The molecule has 2 rings (SSSR count). The normalized spacial score (nSPS) is 12.2. The number of rotatable bonds is 4. The molecule has 16 heavy (non-hydrogen) atoms. The smallest absolute Gasteiger partial charge is 0.0345 e. The zero-order valence-corrected chi connectivity index (χ0v) is 11.5. The van der Waals surface area contributed by atoms with Crippen LogP contribution in [0.2, 0.25) is 0 Å². The van der Waals surface area contributed by atoms with Gasteiger partial charge in [-0.15, -0.1) is 34.5 Å². The van der Waals surface area contributed by atoms with Gasteiger partial charge in [0.15, 0.2) is 0 Å². The molecule has 0 saturated heterocycles. The zero-order valence-electron chi connectivity index (χ0n) is 9.17. The van der Waals surface area contributed by atoms with Gasteiger partial charge in [-0.3, -0.25) is 0 Å². The SMILES string of the molecule is CC(CCl)(CCl)Cc1csc2ccccc12. The van der Waals surface area contributed by atoms with E-state index in [1.807, 2.05) is 0 Å². The first-order chi connectivity index (χ1) is 7.68. The molecule has 1 aromatic carbocycles. The molecule has 0 nitrogen and oxygen atoms in total. The van der Waals surface area contributed by atoms with Crippen LogP contribution in [0.1, 0.15) is 12.5 Å². The summed E-state index contributed by atoms with van der Waals surface area (Å²) < 4.78 is 1.34. The first-order valence-corrected chi connectivity index (χ1v) is 7.20. The summed E-state index contributed by atoms with van der Waals surface area (Å²) >= 11 is 13.8. The predicted molar refractivity (Wildman–Crippen MR) is 75.1 cm³/mol. The monoisotopic (exact) mass is 272 g/mol. The van der Waals surface area contributed by atoms with Gasteiger partial charge < -0.3 is 0 Å². The van der Waals surface area contributed by atoms with Crippen molar-refractivity contribution in [2.45, 2.75) is 13.3 Å². The Kier molecular flexibility index (Phi) is 3.78. The molecule has 3 heteroatoms. The van der Waals surface area contributed by atoms with E-state index in [4.69, 9.17) is 23.2 Å². The summed E-state index contributed by atoms with van der Waals surface area (Å²) in [6.07, 6.45) is 0.948. The lowest BCUT2D eigenvalue weighted by molar-refractivity contribution is 0.427. The summed E-state index contributed by atoms with van der Waals surface area (Å²) in [7, 11) is 0. The Morgan fingerprint density at radius 3 is 2.56 bits per heavy atom. The van der Waals surface area contributed by atoms with E-state index >= 15 is 0 Å². The van der Waals surface area contributed by atoms with Crippen molar-refractivity contribution in [2.75, 3.05) is 11.8 Å². The van der Waals surface area contributed by atoms with Gasteiger partial charge in [0.25, 0.3) is 0 Å². The molecule has 0 spiro atoms. The summed E-state index contributed by atoms with van der Waals surface area (Å²) in [5.41, 5.74) is 1.36. The molecular formula is C13H14Cl2S. The van der Waals surface area contributed by atoms with E-state index in [1.54, 1.807) is 11.3 Å². The maximum absolute atomic E-state index is 6.00. The van der Waals surface area contributed by atoms with E-state index in [1.165, 1.54) is 15.6 Å². The molecule has 1 aromatic heterocycles. The highest BCUT2D eigenvalue weighted by atomic mass is 35.5. The lowest BCUT2D eigenvalue weighted by Gasteiger charge is -2.23. The lowest BCUT2D eigenvalue weighted by Crippen LogP contribution is -2.23. The molecule has 86 valence electrons. The summed E-state index contributed by atoms with van der Waals surface area (Å²) in [4.78, 5) is 0. The first kappa shape index (κ1) is 12.2. The Morgan fingerprint density at radius 1 is 1.19 bits per heavy atom. The Morgan fingerprint density at radius 2 is 1.88 bits per heavy atom. The standard InChI is InChI=1S/C13H14Cl2S/c1-13(8-14,9-15)6-10-7-16-12-5-3-2-4-11(10)12/h2-5,7H,6,8-9H2,1H3. The Balaban J connectivity index is 2.34. The highest BCUT2D eigenvalue weighted by molar-refractivity contribution is 7.17. The van der Waals surface area contributed by atoms with Gasteiger partial charge in [-0.2, -0.15) is 0 Å². The molecule has 0 aliphatic rings. The molecule has 0 aliphatic carbocycles. The van der Waals surface area contributed by atoms with Gasteiger partial charge in [-0.25, -0.2) is 0 Å². The van der Waals surface area contributed by atoms with Crippen molar-refractivity contribution in [3.63, 3.8) is 0 Å². The summed E-state index contributed by atoms with van der Waals surface area (Å²) in [6.45, 7) is 2.14. The number of hydrogen-bond acceptors (Lipinski definition) is 1. The molecule has 0 saturated carbocycles. The van der Waals surface area contributed by atoms with Crippen molar-refractivity contribution in [3.8, 4) is 0 Å². The molecule has 0 radical (unpaired) electrons. The van der Waals surface area contributed by atoms with E-state index in [0.717, 1.165) is 6.42 Å². The van der Waals surface area contributed by atoms with Gasteiger partial charge in [0.05, 0.1) is 0 Å². The molecule has 0 amide bonds. The van der Waals surface area contributed by atoms with Crippen LogP contribution in [0.15, 0.2) is 29.6 Å². The summed E-state index contributed by atoms with van der Waals surface area (Å²) in [5.74, 6) is 1.20. The first-order valence-electron chi connectivity index (χ1n) is 5.25. The van der Waals surface area contributed by atoms with Crippen LogP contribution < -0.4 is 0 Å². The highest BCUT2D eigenvalue weighted by Gasteiger charge is 2.23. The third kappa shape index (κ3) is 2.37. The minimum Gasteiger partial charge on any atom is -0.144 e. The van der Waals surface area contributed by atoms with E-state index < -0.39 is 0 Å². The number of alkyl halides is 2. The van der Waals surface area contributed by atoms with Crippen LogP contribution in [0.5, 0.6) is 0 Å². The van der Waals surface area contributed by atoms with Crippen LogP contribution in [-0.4, -0.2) is 11.8 Å². The molecule has 0 fully saturated rings. The van der Waals surface area contributed by atoms with Crippen molar-refractivity contribution >= 4 is 44.6 Å². The largest absolute Gasteiger partial charge is 0.144 e. The fourth-order valence-corrected chi connectivity index (χ4v) is 3.20. The maximum Gasteiger partial charge on any atom is 0.0345 e.